The molecule has 0 saturated heterocycles. The van der Waals surface area contributed by atoms with Gasteiger partial charge in [0, 0.05) is 31.1 Å². The van der Waals surface area contributed by atoms with Crippen LogP contribution in [-0.2, 0) is 25.7 Å². The molecular weight excluding hydrogens is 527 g/mol. The molecule has 1 atom stereocenters. The first kappa shape index (κ1) is 27.6. The van der Waals surface area contributed by atoms with Crippen LogP contribution in [0.2, 0.25) is 0 Å². The van der Waals surface area contributed by atoms with Crippen molar-refractivity contribution in [3.63, 3.8) is 0 Å². The number of nitrogens with zero attached hydrogens (tertiary/aromatic N) is 2. The summed E-state index contributed by atoms with van der Waals surface area (Å²) in [5.74, 6) is -0.405. The molecule has 3 aromatic rings. The van der Waals surface area contributed by atoms with Crippen molar-refractivity contribution < 1.29 is 22.6 Å². The highest BCUT2D eigenvalue weighted by molar-refractivity contribution is 7.92. The van der Waals surface area contributed by atoms with Crippen LogP contribution in [0.25, 0.3) is 11.1 Å². The topological polar surface area (TPSA) is 139 Å². The molecule has 10 nitrogen and oxygen atoms in total. The molecule has 0 spiro atoms. The predicted octanol–water partition coefficient (Wildman–Crippen LogP) is 4.37. The first-order valence-corrected chi connectivity index (χ1v) is 15.4. The van der Waals surface area contributed by atoms with Crippen LogP contribution in [-0.4, -0.2) is 37.3 Å². The van der Waals surface area contributed by atoms with Crippen LogP contribution in [0, 0.1) is 5.41 Å². The molecule has 12 heteroatoms. The number of aromatic hydroxyl groups is 1. The highest BCUT2D eigenvalue weighted by Gasteiger charge is 2.35. The van der Waals surface area contributed by atoms with Gasteiger partial charge in [0.1, 0.15) is 11.3 Å². The molecule has 0 aliphatic carbocycles. The van der Waals surface area contributed by atoms with Crippen molar-refractivity contribution in [2.45, 2.75) is 33.7 Å². The second-order valence-electron chi connectivity index (χ2n) is 10.3. The van der Waals surface area contributed by atoms with Gasteiger partial charge in [-0.05, 0) is 35.6 Å². The molecule has 38 heavy (non-hydrogen) atoms. The summed E-state index contributed by atoms with van der Waals surface area (Å²) in [7, 11) is -6.31. The fraction of sp³-hybridized carbons (Fsp3) is 0.308. The second kappa shape index (κ2) is 10.1. The summed E-state index contributed by atoms with van der Waals surface area (Å²) in [5.41, 5.74) is 0.920. The number of sulfonamides is 1. The van der Waals surface area contributed by atoms with E-state index in [-0.39, 0.29) is 33.6 Å². The Morgan fingerprint density at radius 1 is 1.16 bits per heavy atom. The zero-order valence-corrected chi connectivity index (χ0v) is 23.6. The standard InChI is InChI=1S/C26H31N4O6PS/c1-26(2,3)13-14-30-16-19(17-9-7-6-8-10-17)23(31)22(25(30)32)24-27-20-12-11-18(29-38(5,34)35)15-21(20)37(33,28-24)36-4/h6-12,15-16,29,31H,13-14H2,1-5H3,(H,27,28,33). The zero-order valence-electron chi connectivity index (χ0n) is 21.8. The molecule has 0 fully saturated rings. The van der Waals surface area contributed by atoms with E-state index in [2.05, 4.69) is 35.6 Å². The predicted molar refractivity (Wildman–Crippen MR) is 151 cm³/mol. The van der Waals surface area contributed by atoms with Gasteiger partial charge in [0.15, 0.2) is 5.84 Å². The van der Waals surface area contributed by atoms with Gasteiger partial charge in [-0.1, -0.05) is 51.1 Å². The molecule has 4 rings (SSSR count). The second-order valence-corrected chi connectivity index (χ2v) is 14.2. The number of hydrogen-bond acceptors (Lipinski definition) is 7. The van der Waals surface area contributed by atoms with Crippen LogP contribution in [0.1, 0.15) is 32.8 Å². The van der Waals surface area contributed by atoms with Gasteiger partial charge >= 0.3 is 7.52 Å². The normalized spacial score (nSPS) is 17.3. The van der Waals surface area contributed by atoms with E-state index in [9.17, 15) is 22.9 Å². The van der Waals surface area contributed by atoms with Crippen molar-refractivity contribution >= 4 is 40.1 Å². The van der Waals surface area contributed by atoms with Crippen LogP contribution in [0.5, 0.6) is 5.75 Å². The van der Waals surface area contributed by atoms with Gasteiger partial charge in [-0.3, -0.25) is 14.1 Å². The Labute approximate surface area is 222 Å². The van der Waals surface area contributed by atoms with E-state index in [0.717, 1.165) is 6.26 Å². The lowest BCUT2D eigenvalue weighted by Gasteiger charge is -2.26. The average molecular weight is 559 g/mol. The van der Waals surface area contributed by atoms with Crippen molar-refractivity contribution in [3.8, 4) is 16.9 Å². The fourth-order valence-electron chi connectivity index (χ4n) is 4.06. The highest BCUT2D eigenvalue weighted by Crippen LogP contribution is 2.52. The molecule has 0 amide bonds. The lowest BCUT2D eigenvalue weighted by molar-refractivity contribution is 0.347. The molecular formula is C26H31N4O6PS. The van der Waals surface area contributed by atoms with E-state index in [4.69, 9.17) is 4.52 Å². The summed E-state index contributed by atoms with van der Waals surface area (Å²) in [4.78, 5) is 13.7. The Kier molecular flexibility index (Phi) is 7.31. The van der Waals surface area contributed by atoms with Crippen molar-refractivity contribution in [2.75, 3.05) is 23.4 Å². The lowest BCUT2D eigenvalue weighted by atomic mass is 9.92. The van der Waals surface area contributed by atoms with Gasteiger partial charge < -0.3 is 19.5 Å². The number of amidine groups is 1. The van der Waals surface area contributed by atoms with Gasteiger partial charge in [0.2, 0.25) is 10.0 Å². The van der Waals surface area contributed by atoms with Crippen LogP contribution in [0.4, 0.5) is 11.4 Å². The van der Waals surface area contributed by atoms with Crippen LogP contribution >= 0.6 is 7.52 Å². The SMILES string of the molecule is COP1(=O)N=C(c2c(O)c(-c3ccccc3)cn(CCC(C)(C)C)c2=O)Nc2ccc(NS(C)(=O)=O)cc21. The molecule has 2 aromatic carbocycles. The molecule has 0 saturated carbocycles. The third-order valence-corrected chi connectivity index (χ3v) is 8.56. The molecule has 0 bridgehead atoms. The van der Waals surface area contributed by atoms with Crippen molar-refractivity contribution in [1.29, 1.82) is 0 Å². The summed E-state index contributed by atoms with van der Waals surface area (Å²) in [5, 5.41) is 14.5. The van der Waals surface area contributed by atoms with Gasteiger partial charge in [-0.15, -0.1) is 0 Å². The maximum absolute atomic E-state index is 13.8. The van der Waals surface area contributed by atoms with E-state index < -0.39 is 23.1 Å². The Balaban J connectivity index is 1.90. The number of fused-ring (bicyclic) bond motifs is 1. The quantitative estimate of drug-likeness (QED) is 0.366. The average Bonchev–Trinajstić information content (AvgIpc) is 2.83. The lowest BCUT2D eigenvalue weighted by Crippen LogP contribution is -2.34. The van der Waals surface area contributed by atoms with Gasteiger partial charge in [0.05, 0.1) is 17.2 Å². The Bertz CT molecular complexity index is 1630. The minimum atomic E-state index is -3.95. The van der Waals surface area contributed by atoms with Crippen molar-refractivity contribution in [2.24, 2.45) is 10.2 Å². The molecule has 3 N–H and O–H groups in total. The number of hydrogen-bond donors (Lipinski definition) is 3. The first-order valence-electron chi connectivity index (χ1n) is 11.9. The van der Waals surface area contributed by atoms with Gasteiger partial charge in [0.25, 0.3) is 5.56 Å². The number of nitrogens with one attached hydrogen (secondary N) is 2. The summed E-state index contributed by atoms with van der Waals surface area (Å²) < 4.78 is 50.7. The van der Waals surface area contributed by atoms with E-state index in [1.807, 2.05) is 30.3 Å². The summed E-state index contributed by atoms with van der Waals surface area (Å²) in [6, 6.07) is 13.5. The van der Waals surface area contributed by atoms with E-state index >= 15 is 0 Å². The number of anilines is 2. The van der Waals surface area contributed by atoms with Crippen LogP contribution < -0.4 is 20.9 Å². The Morgan fingerprint density at radius 2 is 1.84 bits per heavy atom. The molecule has 1 aliphatic heterocycles. The minimum Gasteiger partial charge on any atom is -0.506 e. The zero-order chi connectivity index (χ0) is 27.9. The largest absolute Gasteiger partial charge is 0.506 e. The smallest absolute Gasteiger partial charge is 0.348 e. The van der Waals surface area contributed by atoms with Crippen LogP contribution in [0.3, 0.4) is 0 Å². The fourth-order valence-corrected chi connectivity index (χ4v) is 6.15. The molecule has 1 aliphatic rings. The molecule has 1 unspecified atom stereocenters. The number of rotatable bonds is 7. The van der Waals surface area contributed by atoms with Crippen molar-refractivity contribution in [1.82, 2.24) is 4.57 Å². The van der Waals surface area contributed by atoms with E-state index in [1.165, 1.54) is 29.9 Å². The number of benzene rings is 2. The molecule has 1 aromatic heterocycles. The van der Waals surface area contributed by atoms with Crippen LogP contribution in [0.15, 0.2) is 64.3 Å². The highest BCUT2D eigenvalue weighted by atomic mass is 32.2. The Hall–Kier alpha value is -3.40. The third kappa shape index (κ3) is 5.85. The monoisotopic (exact) mass is 558 g/mol. The van der Waals surface area contributed by atoms with Gasteiger partial charge in [-0.25, -0.2) is 8.42 Å². The molecule has 2 heterocycles. The maximum atomic E-state index is 13.8. The summed E-state index contributed by atoms with van der Waals surface area (Å²) in [6.45, 7) is 6.61. The molecule has 202 valence electrons. The third-order valence-electron chi connectivity index (χ3n) is 6.01. The Morgan fingerprint density at radius 3 is 2.45 bits per heavy atom. The number of pyridine rings is 1. The molecule has 0 radical (unpaired) electrons. The van der Waals surface area contributed by atoms with Crippen molar-refractivity contribution in [3.05, 3.63) is 70.6 Å². The summed E-state index contributed by atoms with van der Waals surface area (Å²) in [6.07, 6.45) is 3.32. The minimum absolute atomic E-state index is 0.0482. The summed E-state index contributed by atoms with van der Waals surface area (Å²) >= 11 is 0. The number of aromatic nitrogens is 1. The first-order chi connectivity index (χ1) is 17.7. The van der Waals surface area contributed by atoms with E-state index in [1.54, 1.807) is 6.20 Å². The van der Waals surface area contributed by atoms with Gasteiger partial charge in [-0.2, -0.15) is 4.76 Å². The van der Waals surface area contributed by atoms with E-state index in [0.29, 0.717) is 29.8 Å². The maximum Gasteiger partial charge on any atom is 0.348 e. The number of aryl methyl sites for hydroxylation is 1.